The van der Waals surface area contributed by atoms with Crippen LogP contribution in [0, 0.1) is 0 Å². The topological polar surface area (TPSA) is 90.3 Å². The summed E-state index contributed by atoms with van der Waals surface area (Å²) in [5.74, 6) is -2.76. The number of carbonyl (C=O) groups is 1. The van der Waals surface area contributed by atoms with Gasteiger partial charge in [-0.25, -0.2) is 4.79 Å². The molecular formula is C21H25F3N6O2. The van der Waals surface area contributed by atoms with Gasteiger partial charge in [-0.1, -0.05) is 18.2 Å². The van der Waals surface area contributed by atoms with Crippen molar-refractivity contribution in [3.63, 3.8) is 0 Å². The number of nitrogens with one attached hydrogen (secondary N) is 1. The first-order chi connectivity index (χ1) is 15.1. The van der Waals surface area contributed by atoms with Crippen molar-refractivity contribution in [1.82, 2.24) is 29.8 Å². The molecule has 0 spiro atoms. The van der Waals surface area contributed by atoms with Gasteiger partial charge >= 0.3 is 12.1 Å². The highest BCUT2D eigenvalue weighted by Crippen LogP contribution is 2.22. The third-order valence-corrected chi connectivity index (χ3v) is 4.91. The normalized spacial score (nSPS) is 14.1. The molecule has 0 bridgehead atoms. The van der Waals surface area contributed by atoms with E-state index in [-0.39, 0.29) is 0 Å². The standard InChI is InChI=1S/C19H24N6.C2HF3O2/c1-23(2)13-17-11-21-25-9-8-24(14-19(17)25)12-15-4-3-5-16(10-15)18-6-7-20-22-18;3-2(4,5)1(6)7/h3-7,10-11H,8-9,12-14H2,1-2H3,(H,20,22);(H,6,7). The number of H-pyrrole nitrogens is 1. The van der Waals surface area contributed by atoms with Crippen molar-refractivity contribution >= 4 is 5.97 Å². The zero-order chi connectivity index (χ0) is 23.3. The molecule has 0 radical (unpaired) electrons. The molecule has 0 atom stereocenters. The first-order valence-corrected chi connectivity index (χ1v) is 9.93. The lowest BCUT2D eigenvalue weighted by Gasteiger charge is -2.28. The zero-order valence-corrected chi connectivity index (χ0v) is 17.8. The van der Waals surface area contributed by atoms with E-state index in [1.165, 1.54) is 22.4 Å². The molecule has 11 heteroatoms. The first kappa shape index (κ1) is 23.5. The molecule has 4 rings (SSSR count). The van der Waals surface area contributed by atoms with Gasteiger partial charge < -0.3 is 10.0 Å². The van der Waals surface area contributed by atoms with E-state index < -0.39 is 12.1 Å². The summed E-state index contributed by atoms with van der Waals surface area (Å²) in [6.07, 6.45) is -1.27. The lowest BCUT2D eigenvalue weighted by atomic mass is 10.1. The van der Waals surface area contributed by atoms with Gasteiger partial charge in [0, 0.05) is 37.9 Å². The number of alkyl halides is 3. The Morgan fingerprint density at radius 2 is 2.00 bits per heavy atom. The molecule has 0 amide bonds. The molecule has 1 aliphatic heterocycles. The largest absolute Gasteiger partial charge is 0.490 e. The van der Waals surface area contributed by atoms with Gasteiger partial charge in [0.25, 0.3) is 0 Å². The SMILES string of the molecule is CN(C)Cc1cnn2c1CN(Cc1cccc(-c3ccn[nH]3)c1)CC2.O=C(O)C(F)(F)F. The zero-order valence-electron chi connectivity index (χ0n) is 17.8. The Morgan fingerprint density at radius 3 is 2.62 bits per heavy atom. The molecular weight excluding hydrogens is 425 g/mol. The summed E-state index contributed by atoms with van der Waals surface area (Å²) in [6.45, 7) is 4.85. The average Bonchev–Trinajstić information content (AvgIpc) is 3.38. The summed E-state index contributed by atoms with van der Waals surface area (Å²) >= 11 is 0. The van der Waals surface area contributed by atoms with Crippen LogP contribution in [0.2, 0.25) is 0 Å². The van der Waals surface area contributed by atoms with Crippen LogP contribution in [0.1, 0.15) is 16.8 Å². The highest BCUT2D eigenvalue weighted by atomic mass is 19.4. The molecule has 8 nitrogen and oxygen atoms in total. The number of nitrogens with zero attached hydrogens (tertiary/aromatic N) is 5. The monoisotopic (exact) mass is 450 g/mol. The Kier molecular flexibility index (Phi) is 7.31. The van der Waals surface area contributed by atoms with Gasteiger partial charge in [-0.3, -0.25) is 14.7 Å². The minimum absolute atomic E-state index is 0.943. The Bertz CT molecular complexity index is 1030. The number of carboxylic acid groups (broad SMARTS) is 1. The van der Waals surface area contributed by atoms with Gasteiger partial charge in [0.05, 0.1) is 24.1 Å². The van der Waals surface area contributed by atoms with Gasteiger partial charge in [-0.05, 0) is 37.4 Å². The van der Waals surface area contributed by atoms with Crippen LogP contribution in [0.4, 0.5) is 13.2 Å². The average molecular weight is 450 g/mol. The number of carboxylic acids is 1. The van der Waals surface area contributed by atoms with Gasteiger partial charge in [0.2, 0.25) is 0 Å². The maximum Gasteiger partial charge on any atom is 0.490 e. The van der Waals surface area contributed by atoms with Crippen LogP contribution in [0.3, 0.4) is 0 Å². The Morgan fingerprint density at radius 1 is 1.25 bits per heavy atom. The highest BCUT2D eigenvalue weighted by molar-refractivity contribution is 5.73. The second-order valence-corrected chi connectivity index (χ2v) is 7.76. The Hall–Kier alpha value is -3.18. The summed E-state index contributed by atoms with van der Waals surface area (Å²) in [5, 5.41) is 18.8. The summed E-state index contributed by atoms with van der Waals surface area (Å²) in [6, 6.07) is 10.7. The minimum Gasteiger partial charge on any atom is -0.475 e. The fourth-order valence-corrected chi connectivity index (χ4v) is 3.47. The van der Waals surface area contributed by atoms with Crippen LogP contribution < -0.4 is 0 Å². The number of hydrogen-bond acceptors (Lipinski definition) is 5. The summed E-state index contributed by atoms with van der Waals surface area (Å²) in [4.78, 5) is 13.6. The number of aliphatic carboxylic acids is 1. The van der Waals surface area contributed by atoms with Crippen molar-refractivity contribution in [2.75, 3.05) is 20.6 Å². The predicted molar refractivity (Wildman–Crippen MR) is 111 cm³/mol. The molecule has 0 unspecified atom stereocenters. The quantitative estimate of drug-likeness (QED) is 0.621. The summed E-state index contributed by atoms with van der Waals surface area (Å²) in [5.41, 5.74) is 6.26. The molecule has 2 N–H and O–H groups in total. The van der Waals surface area contributed by atoms with Gasteiger partial charge in [-0.15, -0.1) is 0 Å². The van der Waals surface area contributed by atoms with Crippen LogP contribution in [-0.4, -0.2) is 67.7 Å². The lowest BCUT2D eigenvalue weighted by molar-refractivity contribution is -0.192. The first-order valence-electron chi connectivity index (χ1n) is 9.93. The van der Waals surface area contributed by atoms with Crippen molar-refractivity contribution < 1.29 is 23.1 Å². The molecule has 1 aromatic carbocycles. The number of rotatable bonds is 5. The number of halogens is 3. The van der Waals surface area contributed by atoms with E-state index in [4.69, 9.17) is 9.90 Å². The van der Waals surface area contributed by atoms with E-state index in [1.807, 2.05) is 12.3 Å². The number of hydrogen-bond donors (Lipinski definition) is 2. The highest BCUT2D eigenvalue weighted by Gasteiger charge is 2.38. The van der Waals surface area contributed by atoms with E-state index in [0.717, 1.165) is 38.4 Å². The van der Waals surface area contributed by atoms with Gasteiger partial charge in [0.15, 0.2) is 0 Å². The van der Waals surface area contributed by atoms with Crippen molar-refractivity contribution in [2.24, 2.45) is 0 Å². The fourth-order valence-electron chi connectivity index (χ4n) is 3.47. The molecule has 3 heterocycles. The minimum atomic E-state index is -5.08. The molecule has 0 aliphatic carbocycles. The summed E-state index contributed by atoms with van der Waals surface area (Å²) in [7, 11) is 4.21. The molecule has 0 saturated carbocycles. The molecule has 3 aromatic rings. The molecule has 0 saturated heterocycles. The molecule has 0 fully saturated rings. The summed E-state index contributed by atoms with van der Waals surface area (Å²) < 4.78 is 33.9. The van der Waals surface area contributed by atoms with Crippen LogP contribution in [-0.2, 0) is 31.0 Å². The van der Waals surface area contributed by atoms with Crippen LogP contribution in [0.15, 0.2) is 42.7 Å². The second kappa shape index (κ2) is 9.96. The Balaban J connectivity index is 0.000000360. The van der Waals surface area contributed by atoms with Gasteiger partial charge in [0.1, 0.15) is 0 Å². The van der Waals surface area contributed by atoms with Crippen LogP contribution in [0.25, 0.3) is 11.3 Å². The Labute approximate surface area is 183 Å². The van der Waals surface area contributed by atoms with E-state index in [9.17, 15) is 13.2 Å². The molecule has 32 heavy (non-hydrogen) atoms. The number of aromatic amines is 1. The van der Waals surface area contributed by atoms with Crippen molar-refractivity contribution in [3.8, 4) is 11.3 Å². The maximum atomic E-state index is 10.6. The van der Waals surface area contributed by atoms with E-state index in [1.54, 1.807) is 6.20 Å². The van der Waals surface area contributed by atoms with Gasteiger partial charge in [-0.2, -0.15) is 23.4 Å². The maximum absolute atomic E-state index is 10.6. The smallest absolute Gasteiger partial charge is 0.475 e. The van der Waals surface area contributed by atoms with Crippen LogP contribution in [0.5, 0.6) is 0 Å². The van der Waals surface area contributed by atoms with E-state index in [0.29, 0.717) is 0 Å². The number of fused-ring (bicyclic) bond motifs is 1. The molecule has 2 aromatic heterocycles. The van der Waals surface area contributed by atoms with Crippen molar-refractivity contribution in [2.45, 2.75) is 32.4 Å². The second-order valence-electron chi connectivity index (χ2n) is 7.76. The van der Waals surface area contributed by atoms with Crippen molar-refractivity contribution in [1.29, 1.82) is 0 Å². The third-order valence-electron chi connectivity index (χ3n) is 4.91. The predicted octanol–water partition coefficient (Wildman–Crippen LogP) is 2.98. The molecule has 1 aliphatic rings. The van der Waals surface area contributed by atoms with Crippen molar-refractivity contribution in [3.05, 3.63) is 59.5 Å². The van der Waals surface area contributed by atoms with E-state index >= 15 is 0 Å². The number of aromatic nitrogens is 4. The lowest BCUT2D eigenvalue weighted by Crippen LogP contribution is -2.34. The molecule has 172 valence electrons. The fraction of sp³-hybridized carbons (Fsp3) is 0.381. The van der Waals surface area contributed by atoms with Crippen LogP contribution >= 0.6 is 0 Å². The van der Waals surface area contributed by atoms with E-state index in [2.05, 4.69) is 68.1 Å². The third kappa shape index (κ3) is 6.17. The number of benzene rings is 1.